The smallest absolute Gasteiger partial charge is 0.197 e. The third-order valence-corrected chi connectivity index (χ3v) is 7.14. The third-order valence-electron chi connectivity index (χ3n) is 7.14. The van der Waals surface area contributed by atoms with Crippen molar-refractivity contribution < 1.29 is 4.74 Å². The first-order valence-electron chi connectivity index (χ1n) is 11.0. The molecule has 0 unspecified atom stereocenters. The van der Waals surface area contributed by atoms with Crippen molar-refractivity contribution >= 4 is 38.1 Å². The topological polar surface area (TPSA) is 47.8 Å². The van der Waals surface area contributed by atoms with Crippen LogP contribution in [0.15, 0.2) is 88.5 Å². The summed E-state index contributed by atoms with van der Waals surface area (Å²) in [5, 5.41) is 2.31. The molecule has 3 heterocycles. The molecule has 0 radical (unpaired) electrons. The van der Waals surface area contributed by atoms with Crippen LogP contribution in [0.1, 0.15) is 25.0 Å². The van der Waals surface area contributed by atoms with Gasteiger partial charge in [-0.2, -0.15) is 0 Å². The van der Waals surface area contributed by atoms with Crippen molar-refractivity contribution in [3.63, 3.8) is 0 Å². The Bertz CT molecular complexity index is 1900. The zero-order chi connectivity index (χ0) is 22.5. The van der Waals surface area contributed by atoms with Crippen LogP contribution in [0.3, 0.4) is 0 Å². The lowest BCUT2D eigenvalue weighted by Crippen LogP contribution is -2.28. The largest absolute Gasteiger partial charge is 0.457 e. The van der Waals surface area contributed by atoms with Crippen molar-refractivity contribution in [2.24, 2.45) is 0 Å². The predicted octanol–water partition coefficient (Wildman–Crippen LogP) is 5.99. The van der Waals surface area contributed by atoms with Crippen LogP contribution in [-0.2, 0) is 5.41 Å². The number of pyridine rings is 2. The molecular formula is C29H19NO3. The lowest BCUT2D eigenvalue weighted by atomic mass is 9.73. The van der Waals surface area contributed by atoms with Gasteiger partial charge in [0.1, 0.15) is 11.5 Å². The Balaban J connectivity index is 1.85. The normalized spacial score (nSPS) is 14.5. The first-order valence-corrected chi connectivity index (χ1v) is 11.0. The van der Waals surface area contributed by atoms with E-state index in [1.165, 1.54) is 0 Å². The van der Waals surface area contributed by atoms with Gasteiger partial charge in [-0.25, -0.2) is 0 Å². The Hall–Kier alpha value is -4.18. The highest BCUT2D eigenvalue weighted by Crippen LogP contribution is 2.50. The van der Waals surface area contributed by atoms with Crippen LogP contribution in [0, 0.1) is 0 Å². The monoisotopic (exact) mass is 429 g/mol. The Kier molecular flexibility index (Phi) is 3.34. The van der Waals surface area contributed by atoms with Crippen molar-refractivity contribution in [3.8, 4) is 11.5 Å². The molecule has 33 heavy (non-hydrogen) atoms. The van der Waals surface area contributed by atoms with Crippen LogP contribution < -0.4 is 15.6 Å². The summed E-state index contributed by atoms with van der Waals surface area (Å²) >= 11 is 0. The molecule has 0 aliphatic carbocycles. The van der Waals surface area contributed by atoms with Gasteiger partial charge in [0.25, 0.3) is 0 Å². The summed E-state index contributed by atoms with van der Waals surface area (Å²) in [4.78, 5) is 27.7. The number of hydrogen-bond acceptors (Lipinski definition) is 3. The molecule has 0 amide bonds. The van der Waals surface area contributed by atoms with Gasteiger partial charge in [-0.05, 0) is 36.4 Å². The highest BCUT2D eigenvalue weighted by atomic mass is 16.5. The van der Waals surface area contributed by atoms with Crippen LogP contribution in [0.4, 0.5) is 0 Å². The van der Waals surface area contributed by atoms with Gasteiger partial charge in [-0.1, -0.05) is 56.3 Å². The fraction of sp³-hybridized carbons (Fsp3) is 0.103. The maximum Gasteiger partial charge on any atom is 0.197 e. The van der Waals surface area contributed by atoms with Crippen LogP contribution >= 0.6 is 0 Å². The van der Waals surface area contributed by atoms with Gasteiger partial charge in [0.05, 0.1) is 27.3 Å². The molecule has 4 nitrogen and oxygen atoms in total. The highest BCUT2D eigenvalue weighted by molar-refractivity contribution is 6.10. The standard InChI is InChI=1S/C29H19NO3/c1-29(2)19-11-5-8-14-22(19)33-23-15-18-26-24(25(23)29)28(32)17-10-4-7-13-21(17)30(26)20-12-6-3-9-16(20)27(18)31/h3-15H,1-2H3. The SMILES string of the molecule is CC1(C)c2ccccc2Oc2cc3c(=O)c4ccccc4n4c5ccccc5c(=O)c(c21)c34. The third kappa shape index (κ3) is 2.15. The molecule has 0 atom stereocenters. The molecule has 0 fully saturated rings. The van der Waals surface area contributed by atoms with Crippen LogP contribution in [0.5, 0.6) is 11.5 Å². The minimum absolute atomic E-state index is 0.0711. The summed E-state index contributed by atoms with van der Waals surface area (Å²) in [7, 11) is 0. The summed E-state index contributed by atoms with van der Waals surface area (Å²) in [6, 6.07) is 25.0. The Morgan fingerprint density at radius 1 is 0.697 bits per heavy atom. The molecule has 0 saturated carbocycles. The van der Waals surface area contributed by atoms with Gasteiger partial charge in [-0.15, -0.1) is 0 Å². The fourth-order valence-corrected chi connectivity index (χ4v) is 5.67. The zero-order valence-electron chi connectivity index (χ0n) is 18.2. The van der Waals surface area contributed by atoms with Gasteiger partial charge in [0.2, 0.25) is 0 Å². The van der Waals surface area contributed by atoms with E-state index in [-0.39, 0.29) is 10.9 Å². The van der Waals surface area contributed by atoms with E-state index < -0.39 is 5.41 Å². The Morgan fingerprint density at radius 3 is 2.03 bits per heavy atom. The average molecular weight is 429 g/mol. The summed E-state index contributed by atoms with van der Waals surface area (Å²) in [6.45, 7) is 4.24. The molecule has 4 aromatic carbocycles. The number of ether oxygens (including phenoxy) is 1. The average Bonchev–Trinajstić information content (AvgIpc) is 2.83. The molecule has 1 aliphatic heterocycles. The number of para-hydroxylation sites is 3. The van der Waals surface area contributed by atoms with Gasteiger partial charge in [0.15, 0.2) is 10.9 Å². The van der Waals surface area contributed by atoms with Crippen molar-refractivity contribution in [1.82, 2.24) is 4.40 Å². The number of nitrogens with zero attached hydrogens (tertiary/aromatic N) is 1. The molecule has 0 bridgehead atoms. The summed E-state index contributed by atoms with van der Waals surface area (Å²) in [6.07, 6.45) is 0. The maximum absolute atomic E-state index is 14.0. The van der Waals surface area contributed by atoms with Gasteiger partial charge < -0.3 is 9.14 Å². The number of hydrogen-bond donors (Lipinski definition) is 0. The number of rotatable bonds is 0. The lowest BCUT2D eigenvalue weighted by Gasteiger charge is -2.35. The number of aromatic nitrogens is 1. The second-order valence-electron chi connectivity index (χ2n) is 9.27. The van der Waals surface area contributed by atoms with E-state index in [4.69, 9.17) is 4.74 Å². The molecule has 1 aliphatic rings. The van der Waals surface area contributed by atoms with Gasteiger partial charge in [-0.3, -0.25) is 9.59 Å². The molecule has 7 rings (SSSR count). The van der Waals surface area contributed by atoms with Crippen LogP contribution in [-0.4, -0.2) is 4.40 Å². The van der Waals surface area contributed by atoms with Crippen molar-refractivity contribution in [2.45, 2.75) is 19.3 Å². The molecule has 6 aromatic rings. The van der Waals surface area contributed by atoms with Crippen LogP contribution in [0.2, 0.25) is 0 Å². The van der Waals surface area contributed by atoms with E-state index in [0.717, 1.165) is 27.9 Å². The molecule has 158 valence electrons. The van der Waals surface area contributed by atoms with Crippen molar-refractivity contribution in [2.75, 3.05) is 0 Å². The van der Waals surface area contributed by atoms with E-state index >= 15 is 0 Å². The second-order valence-corrected chi connectivity index (χ2v) is 9.27. The summed E-state index contributed by atoms with van der Waals surface area (Å²) < 4.78 is 8.41. The minimum atomic E-state index is -0.484. The zero-order valence-corrected chi connectivity index (χ0v) is 18.2. The van der Waals surface area contributed by atoms with Crippen molar-refractivity contribution in [1.29, 1.82) is 0 Å². The molecule has 4 heteroatoms. The van der Waals surface area contributed by atoms with Gasteiger partial charge in [0, 0.05) is 27.3 Å². The lowest BCUT2D eigenvalue weighted by molar-refractivity contribution is 0.421. The van der Waals surface area contributed by atoms with E-state index in [0.29, 0.717) is 32.8 Å². The van der Waals surface area contributed by atoms with E-state index in [9.17, 15) is 9.59 Å². The minimum Gasteiger partial charge on any atom is -0.457 e. The second kappa shape index (κ2) is 5.99. The van der Waals surface area contributed by atoms with E-state index in [2.05, 4.69) is 18.2 Å². The molecule has 0 N–H and O–H groups in total. The van der Waals surface area contributed by atoms with Crippen LogP contribution in [0.25, 0.3) is 38.1 Å². The number of fused-ring (bicyclic) bond motifs is 7. The highest BCUT2D eigenvalue weighted by Gasteiger charge is 2.38. The van der Waals surface area contributed by atoms with E-state index in [1.807, 2.05) is 78.9 Å². The predicted molar refractivity (Wildman–Crippen MR) is 132 cm³/mol. The first kappa shape index (κ1) is 18.4. The molecule has 0 spiro atoms. The maximum atomic E-state index is 14.0. The first-order chi connectivity index (χ1) is 16.0. The Morgan fingerprint density at radius 2 is 1.30 bits per heavy atom. The molecule has 2 aromatic heterocycles. The summed E-state index contributed by atoms with van der Waals surface area (Å²) in [5.74, 6) is 1.33. The fourth-order valence-electron chi connectivity index (χ4n) is 5.67. The van der Waals surface area contributed by atoms with Gasteiger partial charge >= 0.3 is 0 Å². The molecular weight excluding hydrogens is 410 g/mol. The Labute approximate surface area is 188 Å². The molecule has 0 saturated heterocycles. The summed E-state index contributed by atoms with van der Waals surface area (Å²) in [5.41, 5.74) is 3.47. The van der Waals surface area contributed by atoms with Crippen molar-refractivity contribution in [3.05, 3.63) is 110 Å². The van der Waals surface area contributed by atoms with E-state index in [1.54, 1.807) is 0 Å². The number of benzene rings is 4. The quantitative estimate of drug-likeness (QED) is 0.220.